The Morgan fingerprint density at radius 2 is 2.12 bits per heavy atom. The van der Waals surface area contributed by atoms with Crippen molar-refractivity contribution in [3.8, 4) is 0 Å². The van der Waals surface area contributed by atoms with E-state index < -0.39 is 0 Å². The molecule has 1 N–H and O–H groups in total. The largest absolute Gasteiger partial charge is 0.468 e. The molecule has 17 heavy (non-hydrogen) atoms. The van der Waals surface area contributed by atoms with Crippen LogP contribution in [0.25, 0.3) is 0 Å². The van der Waals surface area contributed by atoms with Gasteiger partial charge in [0.25, 0.3) is 0 Å². The third-order valence-electron chi connectivity index (χ3n) is 4.17. The summed E-state index contributed by atoms with van der Waals surface area (Å²) in [5.41, 5.74) is 0. The lowest BCUT2D eigenvalue weighted by Gasteiger charge is -2.36. The van der Waals surface area contributed by atoms with Crippen molar-refractivity contribution in [1.82, 2.24) is 10.2 Å². The van der Waals surface area contributed by atoms with E-state index in [0.717, 1.165) is 32.2 Å². The number of hydrogen-bond acceptors (Lipinski definition) is 4. The van der Waals surface area contributed by atoms with E-state index in [1.54, 1.807) is 0 Å². The van der Waals surface area contributed by atoms with Crippen molar-refractivity contribution in [3.63, 3.8) is 0 Å². The summed E-state index contributed by atoms with van der Waals surface area (Å²) >= 11 is 0. The molecule has 0 aromatic carbocycles. The Hall–Kier alpha value is -0.610. The first-order valence-corrected chi connectivity index (χ1v) is 6.66. The molecule has 2 aliphatic rings. The summed E-state index contributed by atoms with van der Waals surface area (Å²) in [5, 5.41) is 3.52. The molecule has 3 atom stereocenters. The molecular weight excluding hydrogens is 216 g/mol. The highest BCUT2D eigenvalue weighted by atomic mass is 16.5. The van der Waals surface area contributed by atoms with E-state index in [4.69, 9.17) is 4.74 Å². The SMILES string of the molecule is COC(=O)C(NC1CCN(C)C(C)C1)C1CC1. The van der Waals surface area contributed by atoms with Gasteiger partial charge in [0.2, 0.25) is 0 Å². The van der Waals surface area contributed by atoms with E-state index in [2.05, 4.69) is 24.2 Å². The number of hydrogen-bond donors (Lipinski definition) is 1. The molecule has 98 valence electrons. The van der Waals surface area contributed by atoms with Crippen LogP contribution >= 0.6 is 0 Å². The van der Waals surface area contributed by atoms with Crippen LogP contribution in [0.3, 0.4) is 0 Å². The van der Waals surface area contributed by atoms with E-state index in [9.17, 15) is 4.79 Å². The highest BCUT2D eigenvalue weighted by Crippen LogP contribution is 2.34. The van der Waals surface area contributed by atoms with E-state index in [0.29, 0.717) is 18.0 Å². The Morgan fingerprint density at radius 3 is 2.65 bits per heavy atom. The molecule has 1 aliphatic heterocycles. The number of esters is 1. The first-order chi connectivity index (χ1) is 8.11. The lowest BCUT2D eigenvalue weighted by molar-refractivity contribution is -0.144. The van der Waals surface area contributed by atoms with Gasteiger partial charge in [0.15, 0.2) is 0 Å². The molecule has 0 amide bonds. The minimum atomic E-state index is -0.0842. The van der Waals surface area contributed by atoms with Gasteiger partial charge in [-0.25, -0.2) is 0 Å². The molecule has 0 spiro atoms. The Bertz CT molecular complexity index is 279. The van der Waals surface area contributed by atoms with Gasteiger partial charge in [-0.2, -0.15) is 0 Å². The lowest BCUT2D eigenvalue weighted by Crippen LogP contribution is -2.51. The maximum absolute atomic E-state index is 11.7. The number of carbonyl (C=O) groups is 1. The predicted octanol–water partition coefficient (Wildman–Crippen LogP) is 1.01. The maximum atomic E-state index is 11.7. The summed E-state index contributed by atoms with van der Waals surface area (Å²) in [6.07, 6.45) is 4.57. The number of likely N-dealkylation sites (tertiary alicyclic amines) is 1. The van der Waals surface area contributed by atoms with Gasteiger partial charge < -0.3 is 15.0 Å². The zero-order valence-corrected chi connectivity index (χ0v) is 11.1. The van der Waals surface area contributed by atoms with Gasteiger partial charge in [0.1, 0.15) is 6.04 Å². The van der Waals surface area contributed by atoms with Crippen molar-refractivity contribution in [2.45, 2.75) is 50.7 Å². The van der Waals surface area contributed by atoms with Crippen LogP contribution in [0.4, 0.5) is 0 Å². The molecule has 3 unspecified atom stereocenters. The highest BCUT2D eigenvalue weighted by Gasteiger charge is 2.38. The molecule has 2 fully saturated rings. The number of rotatable bonds is 4. The van der Waals surface area contributed by atoms with Crippen LogP contribution in [-0.2, 0) is 9.53 Å². The van der Waals surface area contributed by atoms with Crippen LogP contribution in [-0.4, -0.2) is 49.7 Å². The molecule has 1 heterocycles. The van der Waals surface area contributed by atoms with Crippen molar-refractivity contribution in [2.24, 2.45) is 5.92 Å². The molecule has 1 aliphatic carbocycles. The summed E-state index contributed by atoms with van der Waals surface area (Å²) in [5.74, 6) is 0.427. The number of nitrogens with zero attached hydrogens (tertiary/aromatic N) is 1. The van der Waals surface area contributed by atoms with Crippen LogP contribution in [0.15, 0.2) is 0 Å². The number of piperidine rings is 1. The van der Waals surface area contributed by atoms with Gasteiger partial charge in [-0.05, 0) is 52.1 Å². The average molecular weight is 240 g/mol. The molecule has 0 bridgehead atoms. The highest BCUT2D eigenvalue weighted by molar-refractivity contribution is 5.76. The fourth-order valence-corrected chi connectivity index (χ4v) is 2.65. The van der Waals surface area contributed by atoms with Crippen molar-refractivity contribution in [1.29, 1.82) is 0 Å². The number of methoxy groups -OCH3 is 1. The molecule has 4 nitrogen and oxygen atoms in total. The fraction of sp³-hybridized carbons (Fsp3) is 0.923. The first-order valence-electron chi connectivity index (χ1n) is 6.66. The minimum absolute atomic E-state index is 0.0689. The smallest absolute Gasteiger partial charge is 0.323 e. The van der Waals surface area contributed by atoms with Gasteiger partial charge in [0.05, 0.1) is 7.11 Å². The number of ether oxygens (including phenoxy) is 1. The van der Waals surface area contributed by atoms with E-state index in [1.807, 2.05) is 0 Å². The van der Waals surface area contributed by atoms with Gasteiger partial charge >= 0.3 is 5.97 Å². The summed E-state index contributed by atoms with van der Waals surface area (Å²) in [4.78, 5) is 14.1. The molecule has 2 rings (SSSR count). The Kier molecular flexibility index (Phi) is 4.05. The summed E-state index contributed by atoms with van der Waals surface area (Å²) in [6.45, 7) is 3.36. The zero-order valence-electron chi connectivity index (χ0n) is 11.1. The second kappa shape index (κ2) is 5.36. The van der Waals surface area contributed by atoms with Gasteiger partial charge in [0, 0.05) is 12.1 Å². The summed E-state index contributed by atoms with van der Waals surface area (Å²) in [6, 6.07) is 0.991. The fourth-order valence-electron chi connectivity index (χ4n) is 2.65. The standard InChI is InChI=1S/C13H24N2O2/c1-9-8-11(6-7-15(9)2)14-12(10-4-5-10)13(16)17-3/h9-12,14H,4-8H2,1-3H3. The van der Waals surface area contributed by atoms with Crippen LogP contribution in [0, 0.1) is 5.92 Å². The molecule has 4 heteroatoms. The first kappa shape index (κ1) is 12.8. The van der Waals surface area contributed by atoms with Crippen molar-refractivity contribution in [2.75, 3.05) is 20.7 Å². The van der Waals surface area contributed by atoms with Crippen molar-refractivity contribution >= 4 is 5.97 Å². The number of carbonyl (C=O) groups excluding carboxylic acids is 1. The summed E-state index contributed by atoms with van der Waals surface area (Å²) < 4.78 is 4.89. The topological polar surface area (TPSA) is 41.6 Å². The van der Waals surface area contributed by atoms with E-state index in [-0.39, 0.29) is 12.0 Å². The monoisotopic (exact) mass is 240 g/mol. The molecular formula is C13H24N2O2. The second-order valence-electron chi connectivity index (χ2n) is 5.56. The Morgan fingerprint density at radius 1 is 1.41 bits per heavy atom. The Labute approximate surface area is 104 Å². The average Bonchev–Trinajstić information content (AvgIpc) is 3.13. The van der Waals surface area contributed by atoms with Crippen LogP contribution in [0.1, 0.15) is 32.6 Å². The summed E-state index contributed by atoms with van der Waals surface area (Å²) in [7, 11) is 3.65. The van der Waals surface area contributed by atoms with E-state index >= 15 is 0 Å². The van der Waals surface area contributed by atoms with Crippen LogP contribution in [0.5, 0.6) is 0 Å². The second-order valence-corrected chi connectivity index (χ2v) is 5.56. The minimum Gasteiger partial charge on any atom is -0.468 e. The molecule has 1 saturated heterocycles. The lowest BCUT2D eigenvalue weighted by atomic mass is 9.97. The quantitative estimate of drug-likeness (QED) is 0.745. The molecule has 0 aromatic heterocycles. The predicted molar refractivity (Wildman–Crippen MR) is 66.8 cm³/mol. The molecule has 0 radical (unpaired) electrons. The van der Waals surface area contributed by atoms with Crippen molar-refractivity contribution in [3.05, 3.63) is 0 Å². The normalized spacial score (nSPS) is 32.2. The van der Waals surface area contributed by atoms with E-state index in [1.165, 1.54) is 7.11 Å². The van der Waals surface area contributed by atoms with Crippen LogP contribution < -0.4 is 5.32 Å². The Balaban J connectivity index is 1.87. The maximum Gasteiger partial charge on any atom is 0.323 e. The third kappa shape index (κ3) is 3.19. The third-order valence-corrected chi connectivity index (χ3v) is 4.17. The zero-order chi connectivity index (χ0) is 12.4. The van der Waals surface area contributed by atoms with Gasteiger partial charge in [-0.3, -0.25) is 4.79 Å². The number of nitrogens with one attached hydrogen (secondary N) is 1. The molecule has 1 saturated carbocycles. The van der Waals surface area contributed by atoms with Crippen molar-refractivity contribution < 1.29 is 9.53 Å². The van der Waals surface area contributed by atoms with Crippen LogP contribution in [0.2, 0.25) is 0 Å². The van der Waals surface area contributed by atoms with Gasteiger partial charge in [-0.1, -0.05) is 0 Å². The van der Waals surface area contributed by atoms with Gasteiger partial charge in [-0.15, -0.1) is 0 Å². The molecule has 0 aromatic rings.